The molecule has 5 heteroatoms. The molecular weight excluding hydrogens is 251 g/mol. The van der Waals surface area contributed by atoms with Crippen LogP contribution in [0.1, 0.15) is 23.7 Å². The van der Waals surface area contributed by atoms with E-state index in [1.165, 1.54) is 12.1 Å². The van der Waals surface area contributed by atoms with Crippen molar-refractivity contribution in [3.05, 3.63) is 35.1 Å². The van der Waals surface area contributed by atoms with Gasteiger partial charge < -0.3 is 10.2 Å². The van der Waals surface area contributed by atoms with Crippen molar-refractivity contribution in [3.8, 4) is 0 Å². The summed E-state index contributed by atoms with van der Waals surface area (Å²) >= 11 is 9.47. The van der Waals surface area contributed by atoms with Crippen LogP contribution in [0.15, 0.2) is 18.2 Å². The molecule has 1 aromatic carbocycles. The third-order valence-corrected chi connectivity index (χ3v) is 2.90. The summed E-state index contributed by atoms with van der Waals surface area (Å²) < 4.78 is 13.4. The lowest BCUT2D eigenvalue weighted by Crippen LogP contribution is -2.18. The second-order valence-electron chi connectivity index (χ2n) is 3.51. The van der Waals surface area contributed by atoms with Crippen LogP contribution in [0.25, 0.3) is 0 Å². The van der Waals surface area contributed by atoms with E-state index in [0.29, 0.717) is 23.3 Å². The maximum atomic E-state index is 13.4. The molecule has 2 N–H and O–H groups in total. The van der Waals surface area contributed by atoms with Crippen LogP contribution in [0, 0.1) is 5.82 Å². The lowest BCUT2D eigenvalue weighted by molar-refractivity contribution is 0.0171. The van der Waals surface area contributed by atoms with E-state index >= 15 is 0 Å². The first kappa shape index (κ1) is 13.8. The van der Waals surface area contributed by atoms with Crippen molar-refractivity contribution in [1.29, 1.82) is 0 Å². The van der Waals surface area contributed by atoms with Gasteiger partial charge in [0.05, 0.1) is 12.0 Å². The number of aliphatic hydroxyl groups is 2. The molecule has 0 spiro atoms. The minimum absolute atomic E-state index is 0.0847. The Morgan fingerprint density at radius 1 is 1.38 bits per heavy atom. The largest absolute Gasteiger partial charge is 0.390 e. The standard InChI is InChI=1S/C11H14ClFO2S/c12-6-8-2-1-7(5-9(8)13)11(15)10(14)3-4-16/h1-2,5,10-11,14-16H,3-4,6H2. The molecule has 0 aliphatic rings. The highest BCUT2D eigenvalue weighted by molar-refractivity contribution is 7.80. The maximum absolute atomic E-state index is 13.4. The number of thiol groups is 1. The number of rotatable bonds is 5. The van der Waals surface area contributed by atoms with Gasteiger partial charge in [-0.2, -0.15) is 12.6 Å². The van der Waals surface area contributed by atoms with Crippen molar-refractivity contribution in [2.75, 3.05) is 5.75 Å². The monoisotopic (exact) mass is 264 g/mol. The Morgan fingerprint density at radius 3 is 2.56 bits per heavy atom. The maximum Gasteiger partial charge on any atom is 0.127 e. The van der Waals surface area contributed by atoms with Crippen molar-refractivity contribution in [2.24, 2.45) is 0 Å². The molecule has 2 unspecified atom stereocenters. The molecule has 0 aliphatic heterocycles. The number of benzene rings is 1. The predicted molar refractivity (Wildman–Crippen MR) is 65.4 cm³/mol. The number of hydrogen-bond acceptors (Lipinski definition) is 3. The summed E-state index contributed by atoms with van der Waals surface area (Å²) in [5.74, 6) is 0.0756. The fourth-order valence-corrected chi connectivity index (χ4v) is 1.85. The van der Waals surface area contributed by atoms with Gasteiger partial charge in [-0.05, 0) is 23.8 Å². The molecule has 0 fully saturated rings. The van der Waals surface area contributed by atoms with Crippen LogP contribution in [0.3, 0.4) is 0 Å². The highest BCUT2D eigenvalue weighted by Crippen LogP contribution is 2.22. The highest BCUT2D eigenvalue weighted by atomic mass is 35.5. The van der Waals surface area contributed by atoms with Crippen LogP contribution < -0.4 is 0 Å². The van der Waals surface area contributed by atoms with E-state index in [0.717, 1.165) is 0 Å². The number of alkyl halides is 1. The highest BCUT2D eigenvalue weighted by Gasteiger charge is 2.18. The zero-order chi connectivity index (χ0) is 12.1. The van der Waals surface area contributed by atoms with Gasteiger partial charge in [-0.15, -0.1) is 11.6 Å². The first-order valence-electron chi connectivity index (χ1n) is 4.91. The number of hydrogen-bond donors (Lipinski definition) is 3. The molecule has 0 aliphatic carbocycles. The average molecular weight is 265 g/mol. The molecular formula is C11H14ClFO2S. The number of halogens is 2. The summed E-state index contributed by atoms with van der Waals surface area (Å²) in [6, 6.07) is 4.27. The Balaban J connectivity index is 2.84. The van der Waals surface area contributed by atoms with Crippen LogP contribution in [-0.2, 0) is 5.88 Å². The fourth-order valence-electron chi connectivity index (χ4n) is 1.37. The molecule has 2 atom stereocenters. The van der Waals surface area contributed by atoms with E-state index < -0.39 is 18.0 Å². The first-order chi connectivity index (χ1) is 7.60. The summed E-state index contributed by atoms with van der Waals surface area (Å²) in [4.78, 5) is 0. The Kier molecular flexibility index (Phi) is 5.55. The Bertz CT molecular complexity index is 349. The third-order valence-electron chi connectivity index (χ3n) is 2.35. The minimum Gasteiger partial charge on any atom is -0.390 e. The van der Waals surface area contributed by atoms with Gasteiger partial charge in [0.2, 0.25) is 0 Å². The van der Waals surface area contributed by atoms with Gasteiger partial charge in [-0.3, -0.25) is 0 Å². The summed E-state index contributed by atoms with van der Waals surface area (Å²) in [6.45, 7) is 0. The summed E-state index contributed by atoms with van der Waals surface area (Å²) in [7, 11) is 0. The van der Waals surface area contributed by atoms with Gasteiger partial charge in [0, 0.05) is 5.56 Å². The zero-order valence-corrected chi connectivity index (χ0v) is 10.3. The zero-order valence-electron chi connectivity index (χ0n) is 8.61. The minimum atomic E-state index is -1.09. The molecule has 2 nitrogen and oxygen atoms in total. The molecule has 0 radical (unpaired) electrons. The summed E-state index contributed by atoms with van der Waals surface area (Å²) in [5, 5.41) is 19.3. The Morgan fingerprint density at radius 2 is 2.06 bits per heavy atom. The smallest absolute Gasteiger partial charge is 0.127 e. The summed E-state index contributed by atoms with van der Waals surface area (Å²) in [6.07, 6.45) is -1.67. The normalized spacial score (nSPS) is 14.8. The van der Waals surface area contributed by atoms with E-state index in [9.17, 15) is 14.6 Å². The van der Waals surface area contributed by atoms with Gasteiger partial charge in [-0.25, -0.2) is 4.39 Å². The molecule has 0 aromatic heterocycles. The summed E-state index contributed by atoms with van der Waals surface area (Å²) in [5.41, 5.74) is 0.724. The van der Waals surface area contributed by atoms with Crippen molar-refractivity contribution in [3.63, 3.8) is 0 Å². The van der Waals surface area contributed by atoms with Gasteiger partial charge in [-0.1, -0.05) is 12.1 Å². The van der Waals surface area contributed by atoms with Crippen molar-refractivity contribution in [1.82, 2.24) is 0 Å². The average Bonchev–Trinajstić information content (AvgIpc) is 2.28. The quantitative estimate of drug-likeness (QED) is 0.564. The molecule has 16 heavy (non-hydrogen) atoms. The Hall–Kier alpha value is -0.290. The van der Waals surface area contributed by atoms with Crippen molar-refractivity contribution >= 4 is 24.2 Å². The van der Waals surface area contributed by atoms with Crippen LogP contribution in [0.4, 0.5) is 4.39 Å². The lowest BCUT2D eigenvalue weighted by Gasteiger charge is -2.17. The lowest BCUT2D eigenvalue weighted by atomic mass is 10.0. The van der Waals surface area contributed by atoms with E-state index in [2.05, 4.69) is 12.6 Å². The van der Waals surface area contributed by atoms with Gasteiger partial charge in [0.25, 0.3) is 0 Å². The van der Waals surface area contributed by atoms with E-state index in [4.69, 9.17) is 11.6 Å². The van der Waals surface area contributed by atoms with E-state index in [1.807, 2.05) is 0 Å². The molecule has 0 bridgehead atoms. The van der Waals surface area contributed by atoms with Crippen LogP contribution >= 0.6 is 24.2 Å². The van der Waals surface area contributed by atoms with Crippen molar-refractivity contribution in [2.45, 2.75) is 24.5 Å². The fraction of sp³-hybridized carbons (Fsp3) is 0.455. The molecule has 0 amide bonds. The molecule has 0 heterocycles. The molecule has 0 saturated carbocycles. The van der Waals surface area contributed by atoms with Crippen LogP contribution in [-0.4, -0.2) is 22.1 Å². The van der Waals surface area contributed by atoms with Crippen LogP contribution in [0.5, 0.6) is 0 Å². The second kappa shape index (κ2) is 6.45. The number of aliphatic hydroxyl groups excluding tert-OH is 2. The molecule has 0 saturated heterocycles. The van der Waals surface area contributed by atoms with E-state index in [1.54, 1.807) is 6.07 Å². The first-order valence-corrected chi connectivity index (χ1v) is 6.08. The van der Waals surface area contributed by atoms with E-state index in [-0.39, 0.29) is 5.88 Å². The molecule has 90 valence electrons. The SMILES string of the molecule is OC(CCS)C(O)c1ccc(CCl)c(F)c1. The predicted octanol–water partition coefficient (Wildman–Crippen LogP) is 2.28. The van der Waals surface area contributed by atoms with Gasteiger partial charge >= 0.3 is 0 Å². The van der Waals surface area contributed by atoms with Crippen molar-refractivity contribution < 1.29 is 14.6 Å². The second-order valence-corrected chi connectivity index (χ2v) is 4.22. The molecule has 1 aromatic rings. The van der Waals surface area contributed by atoms with Gasteiger partial charge in [0.15, 0.2) is 0 Å². The van der Waals surface area contributed by atoms with Crippen LogP contribution in [0.2, 0.25) is 0 Å². The molecule has 1 rings (SSSR count). The Labute approximate surface area is 104 Å². The van der Waals surface area contributed by atoms with Gasteiger partial charge in [0.1, 0.15) is 11.9 Å². The third kappa shape index (κ3) is 3.35. The topological polar surface area (TPSA) is 40.5 Å².